The Morgan fingerprint density at radius 1 is 0.903 bits per heavy atom. The van der Waals surface area contributed by atoms with Gasteiger partial charge in [0, 0.05) is 17.2 Å². The van der Waals surface area contributed by atoms with Gasteiger partial charge in [0.25, 0.3) is 5.91 Å². The molecule has 1 saturated carbocycles. The zero-order valence-corrected chi connectivity index (χ0v) is 17.4. The summed E-state index contributed by atoms with van der Waals surface area (Å²) in [6, 6.07) is 14.3. The Morgan fingerprint density at radius 2 is 1.55 bits per heavy atom. The highest BCUT2D eigenvalue weighted by molar-refractivity contribution is 6.14. The van der Waals surface area contributed by atoms with Crippen molar-refractivity contribution in [3.8, 4) is 0 Å². The van der Waals surface area contributed by atoms with Crippen LogP contribution in [0.15, 0.2) is 54.6 Å². The smallest absolute Gasteiger partial charge is 0.339 e. The number of esters is 1. The Bertz CT molecular complexity index is 957. The summed E-state index contributed by atoms with van der Waals surface area (Å²) in [5.74, 6) is -1.51. The number of hydrogen-bond acceptors (Lipinski definition) is 5. The zero-order chi connectivity index (χ0) is 22.2. The molecule has 7 nitrogen and oxygen atoms in total. The van der Waals surface area contributed by atoms with Crippen molar-refractivity contribution in [1.82, 2.24) is 10.6 Å². The van der Waals surface area contributed by atoms with Crippen molar-refractivity contribution in [3.63, 3.8) is 0 Å². The monoisotopic (exact) mass is 422 g/mol. The minimum atomic E-state index is -0.809. The summed E-state index contributed by atoms with van der Waals surface area (Å²) in [5.41, 5.74) is 0.682. The number of carbonyl (C=O) groups is 4. The molecule has 31 heavy (non-hydrogen) atoms. The number of ketones is 1. The summed E-state index contributed by atoms with van der Waals surface area (Å²) in [6.07, 6.45) is 4.10. The van der Waals surface area contributed by atoms with E-state index in [9.17, 15) is 19.2 Å². The highest BCUT2D eigenvalue weighted by Crippen LogP contribution is 2.23. The number of amides is 3. The minimum Gasteiger partial charge on any atom is -0.452 e. The third kappa shape index (κ3) is 6.01. The van der Waals surface area contributed by atoms with E-state index in [1.165, 1.54) is 12.1 Å². The third-order valence-electron chi connectivity index (χ3n) is 5.44. The Morgan fingerprint density at radius 3 is 2.26 bits per heavy atom. The molecule has 0 spiro atoms. The lowest BCUT2D eigenvalue weighted by Gasteiger charge is -2.29. The normalized spacial score (nSPS) is 18.0. The summed E-state index contributed by atoms with van der Waals surface area (Å²) < 4.78 is 5.05. The van der Waals surface area contributed by atoms with Gasteiger partial charge < -0.3 is 10.1 Å². The van der Waals surface area contributed by atoms with Crippen molar-refractivity contribution >= 4 is 23.7 Å². The van der Waals surface area contributed by atoms with Crippen LogP contribution in [-0.4, -0.2) is 36.3 Å². The highest BCUT2D eigenvalue weighted by atomic mass is 16.5. The molecule has 3 amide bonds. The average Bonchev–Trinajstić information content (AvgIpc) is 2.79. The Hall–Kier alpha value is -3.48. The first-order valence-corrected chi connectivity index (χ1v) is 10.4. The Labute approximate surface area is 181 Å². The molecule has 3 rings (SSSR count). The molecule has 0 aromatic heterocycles. The SMILES string of the molecule is CC1CCCCC1NC(=O)NC(=O)COC(=O)c1ccccc1C(=O)c1ccccc1. The lowest BCUT2D eigenvalue weighted by atomic mass is 9.86. The van der Waals surface area contributed by atoms with Crippen LogP contribution in [0.4, 0.5) is 4.79 Å². The summed E-state index contributed by atoms with van der Waals surface area (Å²) in [7, 11) is 0. The molecule has 0 heterocycles. The van der Waals surface area contributed by atoms with Gasteiger partial charge in [0.15, 0.2) is 12.4 Å². The van der Waals surface area contributed by atoms with E-state index in [1.807, 2.05) is 0 Å². The zero-order valence-electron chi connectivity index (χ0n) is 17.4. The molecule has 0 aliphatic heterocycles. The van der Waals surface area contributed by atoms with Crippen molar-refractivity contribution in [2.75, 3.05) is 6.61 Å². The van der Waals surface area contributed by atoms with Gasteiger partial charge in [-0.15, -0.1) is 0 Å². The fraction of sp³-hybridized carbons (Fsp3) is 0.333. The van der Waals surface area contributed by atoms with E-state index in [-0.39, 0.29) is 23.0 Å². The highest BCUT2D eigenvalue weighted by Gasteiger charge is 2.24. The number of ether oxygens (including phenoxy) is 1. The van der Waals surface area contributed by atoms with E-state index in [2.05, 4.69) is 17.6 Å². The lowest BCUT2D eigenvalue weighted by Crippen LogP contribution is -2.48. The molecule has 2 atom stereocenters. The van der Waals surface area contributed by atoms with Crippen molar-refractivity contribution in [2.24, 2.45) is 5.92 Å². The van der Waals surface area contributed by atoms with Crippen LogP contribution in [0.3, 0.4) is 0 Å². The van der Waals surface area contributed by atoms with Crippen LogP contribution in [0.1, 0.15) is 58.9 Å². The number of imide groups is 1. The van der Waals surface area contributed by atoms with Crippen molar-refractivity contribution in [1.29, 1.82) is 0 Å². The molecule has 2 aromatic carbocycles. The molecule has 162 valence electrons. The van der Waals surface area contributed by atoms with Crippen LogP contribution >= 0.6 is 0 Å². The van der Waals surface area contributed by atoms with E-state index in [0.717, 1.165) is 25.7 Å². The summed E-state index contributed by atoms with van der Waals surface area (Å²) >= 11 is 0. The van der Waals surface area contributed by atoms with Crippen LogP contribution in [0, 0.1) is 5.92 Å². The quantitative estimate of drug-likeness (QED) is 0.548. The predicted octanol–water partition coefficient (Wildman–Crippen LogP) is 3.48. The van der Waals surface area contributed by atoms with Crippen molar-refractivity contribution in [3.05, 3.63) is 71.3 Å². The average molecular weight is 422 g/mol. The second-order valence-electron chi connectivity index (χ2n) is 7.71. The first-order chi connectivity index (χ1) is 15.0. The Balaban J connectivity index is 1.55. The molecule has 0 bridgehead atoms. The number of carbonyl (C=O) groups excluding carboxylic acids is 4. The van der Waals surface area contributed by atoms with Gasteiger partial charge >= 0.3 is 12.0 Å². The predicted molar refractivity (Wildman–Crippen MR) is 115 cm³/mol. The number of hydrogen-bond donors (Lipinski definition) is 2. The summed E-state index contributed by atoms with van der Waals surface area (Å²) in [6.45, 7) is 1.45. The Kier molecular flexibility index (Phi) is 7.54. The van der Waals surface area contributed by atoms with Gasteiger partial charge in [0.1, 0.15) is 0 Å². The van der Waals surface area contributed by atoms with Gasteiger partial charge in [-0.05, 0) is 24.8 Å². The molecule has 1 aliphatic rings. The molecular formula is C24H26N2O5. The molecular weight excluding hydrogens is 396 g/mol. The molecule has 0 saturated heterocycles. The summed E-state index contributed by atoms with van der Waals surface area (Å²) in [4.78, 5) is 49.3. The molecule has 1 aliphatic carbocycles. The third-order valence-corrected chi connectivity index (χ3v) is 5.44. The van der Waals surface area contributed by atoms with Gasteiger partial charge in [0.05, 0.1) is 5.56 Å². The maximum atomic E-state index is 12.7. The second kappa shape index (κ2) is 10.5. The first kappa shape index (κ1) is 22.2. The van der Waals surface area contributed by atoms with E-state index < -0.39 is 24.5 Å². The fourth-order valence-corrected chi connectivity index (χ4v) is 3.71. The van der Waals surface area contributed by atoms with Crippen LogP contribution in [0.25, 0.3) is 0 Å². The standard InChI is InChI=1S/C24H26N2O5/c1-16-9-5-8-14-20(16)25-24(30)26-21(27)15-31-23(29)19-13-7-6-12-18(19)22(28)17-10-3-2-4-11-17/h2-4,6-7,10-13,16,20H,5,8-9,14-15H2,1H3,(H2,25,26,27,30). The fourth-order valence-electron chi connectivity index (χ4n) is 3.71. The van der Waals surface area contributed by atoms with Gasteiger partial charge in [-0.1, -0.05) is 68.3 Å². The molecule has 0 radical (unpaired) electrons. The topological polar surface area (TPSA) is 102 Å². The minimum absolute atomic E-state index is 0.0278. The van der Waals surface area contributed by atoms with Gasteiger partial charge in [-0.2, -0.15) is 0 Å². The largest absolute Gasteiger partial charge is 0.452 e. The maximum Gasteiger partial charge on any atom is 0.339 e. The number of nitrogens with one attached hydrogen (secondary N) is 2. The van der Waals surface area contributed by atoms with E-state index in [4.69, 9.17) is 4.74 Å². The molecule has 1 fully saturated rings. The number of benzene rings is 2. The van der Waals surface area contributed by atoms with Crippen LogP contribution in [-0.2, 0) is 9.53 Å². The second-order valence-corrected chi connectivity index (χ2v) is 7.71. The first-order valence-electron chi connectivity index (χ1n) is 10.4. The van der Waals surface area contributed by atoms with Crippen molar-refractivity contribution in [2.45, 2.75) is 38.6 Å². The van der Waals surface area contributed by atoms with Crippen molar-refractivity contribution < 1.29 is 23.9 Å². The molecule has 2 aromatic rings. The number of urea groups is 1. The summed E-state index contributed by atoms with van der Waals surface area (Å²) in [5, 5.41) is 4.99. The van der Waals surface area contributed by atoms with E-state index >= 15 is 0 Å². The maximum absolute atomic E-state index is 12.7. The van der Waals surface area contributed by atoms with E-state index in [1.54, 1.807) is 42.5 Å². The number of rotatable bonds is 6. The lowest BCUT2D eigenvalue weighted by molar-refractivity contribution is -0.123. The molecule has 7 heteroatoms. The molecule has 2 unspecified atom stereocenters. The van der Waals surface area contributed by atoms with E-state index in [0.29, 0.717) is 11.5 Å². The van der Waals surface area contributed by atoms with Crippen LogP contribution < -0.4 is 10.6 Å². The van der Waals surface area contributed by atoms with Crippen LogP contribution in [0.5, 0.6) is 0 Å². The van der Waals surface area contributed by atoms with Gasteiger partial charge in [-0.25, -0.2) is 9.59 Å². The van der Waals surface area contributed by atoms with Gasteiger partial charge in [-0.3, -0.25) is 14.9 Å². The molecule has 2 N–H and O–H groups in total. The van der Waals surface area contributed by atoms with Gasteiger partial charge in [0.2, 0.25) is 0 Å². The van der Waals surface area contributed by atoms with Crippen LogP contribution in [0.2, 0.25) is 0 Å².